The summed E-state index contributed by atoms with van der Waals surface area (Å²) in [6.45, 7) is 4.00. The van der Waals surface area contributed by atoms with Crippen molar-refractivity contribution in [1.29, 1.82) is 0 Å². The lowest BCUT2D eigenvalue weighted by atomic mass is 10.1. The second kappa shape index (κ2) is 8.63. The van der Waals surface area contributed by atoms with Gasteiger partial charge in [-0.05, 0) is 42.3 Å². The Balaban J connectivity index is 1.99. The Morgan fingerprint density at radius 1 is 1.18 bits per heavy atom. The van der Waals surface area contributed by atoms with E-state index in [1.807, 2.05) is 44.2 Å². The summed E-state index contributed by atoms with van der Waals surface area (Å²) in [6.07, 6.45) is 0.454. The highest BCUT2D eigenvalue weighted by atomic mass is 35.5. The zero-order valence-corrected chi connectivity index (χ0v) is 17.3. The molecule has 1 N–H and O–H groups in total. The molecule has 0 unspecified atom stereocenters. The highest BCUT2D eigenvalue weighted by molar-refractivity contribution is 6.42. The first kappa shape index (κ1) is 20.2. The summed E-state index contributed by atoms with van der Waals surface area (Å²) in [5, 5.41) is 8.18. The van der Waals surface area contributed by atoms with Crippen LogP contribution in [0, 0.1) is 5.92 Å². The van der Waals surface area contributed by atoms with Crippen molar-refractivity contribution < 1.29 is 9.53 Å². The van der Waals surface area contributed by atoms with E-state index < -0.39 is 0 Å². The Hall–Kier alpha value is -2.57. The largest absolute Gasteiger partial charge is 0.466 e. The van der Waals surface area contributed by atoms with Crippen LogP contribution in [0.25, 0.3) is 17.1 Å². The number of methoxy groups -OCH3 is 1. The summed E-state index contributed by atoms with van der Waals surface area (Å²) >= 11 is 12.2. The minimum Gasteiger partial charge on any atom is -0.466 e. The molecule has 0 saturated heterocycles. The van der Waals surface area contributed by atoms with Gasteiger partial charge >= 0.3 is 6.01 Å². The van der Waals surface area contributed by atoms with Gasteiger partial charge < -0.3 is 10.1 Å². The average Bonchev–Trinajstić information content (AvgIpc) is 3.08. The van der Waals surface area contributed by atoms with E-state index in [9.17, 15) is 4.79 Å². The smallest absolute Gasteiger partial charge is 0.336 e. The number of nitrogens with zero attached hydrogens (tertiary/aromatic N) is 3. The van der Waals surface area contributed by atoms with E-state index in [0.29, 0.717) is 28.0 Å². The van der Waals surface area contributed by atoms with Gasteiger partial charge in [0.15, 0.2) is 5.82 Å². The molecule has 0 atom stereocenters. The van der Waals surface area contributed by atoms with Crippen LogP contribution in [0.4, 0.5) is 5.69 Å². The van der Waals surface area contributed by atoms with Gasteiger partial charge in [-0.2, -0.15) is 4.98 Å². The number of rotatable bonds is 6. The average molecular weight is 419 g/mol. The van der Waals surface area contributed by atoms with Gasteiger partial charge in [-0.15, -0.1) is 5.10 Å². The van der Waals surface area contributed by atoms with E-state index in [-0.39, 0.29) is 17.8 Å². The van der Waals surface area contributed by atoms with Crippen LogP contribution >= 0.6 is 23.2 Å². The van der Waals surface area contributed by atoms with E-state index in [2.05, 4.69) is 15.4 Å². The van der Waals surface area contributed by atoms with Gasteiger partial charge in [0.25, 0.3) is 0 Å². The van der Waals surface area contributed by atoms with Crippen molar-refractivity contribution in [2.75, 3.05) is 12.4 Å². The quantitative estimate of drug-likeness (QED) is 0.594. The molecule has 8 heteroatoms. The molecule has 0 aliphatic heterocycles. The predicted molar refractivity (Wildman–Crippen MR) is 111 cm³/mol. The highest BCUT2D eigenvalue weighted by Crippen LogP contribution is 2.30. The number of ether oxygens (including phenoxy) is 1. The maximum Gasteiger partial charge on any atom is 0.336 e. The van der Waals surface area contributed by atoms with Gasteiger partial charge in [-0.3, -0.25) is 4.79 Å². The van der Waals surface area contributed by atoms with Crippen LogP contribution in [0.2, 0.25) is 10.0 Å². The molecule has 0 aliphatic carbocycles. The van der Waals surface area contributed by atoms with Crippen molar-refractivity contribution >= 4 is 34.8 Å². The van der Waals surface area contributed by atoms with Crippen LogP contribution in [0.3, 0.4) is 0 Å². The van der Waals surface area contributed by atoms with Gasteiger partial charge in [-0.25, -0.2) is 4.68 Å². The molecule has 6 nitrogen and oxygen atoms in total. The first-order valence-corrected chi connectivity index (χ1v) is 9.49. The number of halogens is 2. The number of carbonyl (C=O) groups is 1. The van der Waals surface area contributed by atoms with Gasteiger partial charge in [0, 0.05) is 17.7 Å². The minimum absolute atomic E-state index is 0.0342. The van der Waals surface area contributed by atoms with Crippen molar-refractivity contribution in [3.8, 4) is 23.1 Å². The van der Waals surface area contributed by atoms with Gasteiger partial charge in [-0.1, -0.05) is 43.1 Å². The number of benzene rings is 2. The third-order valence-corrected chi connectivity index (χ3v) is 4.66. The maximum absolute atomic E-state index is 12.1. The molecule has 146 valence electrons. The standard InChI is InChI=1S/C20H20Cl2N4O2/c1-12(2)9-18(27)23-14-5-4-6-15(11-14)26-19(24-20(25-26)28-3)13-7-8-16(21)17(22)10-13/h4-8,10-12H,9H2,1-3H3,(H,23,27). The zero-order chi connectivity index (χ0) is 20.3. The van der Waals surface area contributed by atoms with Crippen molar-refractivity contribution in [3.05, 3.63) is 52.5 Å². The molecule has 1 amide bonds. The molecule has 0 fully saturated rings. The van der Waals surface area contributed by atoms with E-state index >= 15 is 0 Å². The molecule has 3 rings (SSSR count). The molecule has 3 aromatic rings. The Kier molecular flexibility index (Phi) is 6.21. The van der Waals surface area contributed by atoms with E-state index in [1.165, 1.54) is 7.11 Å². The fraction of sp³-hybridized carbons (Fsp3) is 0.250. The number of carbonyl (C=O) groups excluding carboxylic acids is 1. The lowest BCUT2D eigenvalue weighted by Crippen LogP contribution is -2.14. The Bertz CT molecular complexity index is 1000. The Labute approximate surface area is 173 Å². The monoisotopic (exact) mass is 418 g/mol. The van der Waals surface area contributed by atoms with E-state index in [0.717, 1.165) is 11.3 Å². The molecule has 1 heterocycles. The number of anilines is 1. The lowest BCUT2D eigenvalue weighted by Gasteiger charge is -2.10. The SMILES string of the molecule is COc1nc(-c2ccc(Cl)c(Cl)c2)n(-c2cccc(NC(=O)CC(C)C)c2)n1. The number of hydrogen-bond donors (Lipinski definition) is 1. The summed E-state index contributed by atoms with van der Waals surface area (Å²) in [4.78, 5) is 16.5. The zero-order valence-electron chi connectivity index (χ0n) is 15.7. The lowest BCUT2D eigenvalue weighted by molar-refractivity contribution is -0.116. The topological polar surface area (TPSA) is 69.0 Å². The molecule has 0 spiro atoms. The van der Waals surface area contributed by atoms with E-state index in [1.54, 1.807) is 16.8 Å². The van der Waals surface area contributed by atoms with Crippen molar-refractivity contribution in [2.24, 2.45) is 5.92 Å². The number of amides is 1. The van der Waals surface area contributed by atoms with Crippen LogP contribution in [0.5, 0.6) is 6.01 Å². The molecule has 2 aromatic carbocycles. The fourth-order valence-electron chi connectivity index (χ4n) is 2.68. The molecule has 0 bridgehead atoms. The van der Waals surface area contributed by atoms with Crippen molar-refractivity contribution in [2.45, 2.75) is 20.3 Å². The van der Waals surface area contributed by atoms with Crippen LogP contribution in [0.15, 0.2) is 42.5 Å². The van der Waals surface area contributed by atoms with Crippen LogP contribution < -0.4 is 10.1 Å². The first-order chi connectivity index (χ1) is 13.4. The van der Waals surface area contributed by atoms with Gasteiger partial charge in [0.05, 0.1) is 22.8 Å². The van der Waals surface area contributed by atoms with Crippen molar-refractivity contribution in [1.82, 2.24) is 14.8 Å². The van der Waals surface area contributed by atoms with Crippen LogP contribution in [-0.2, 0) is 4.79 Å². The number of nitrogens with one attached hydrogen (secondary N) is 1. The third kappa shape index (κ3) is 4.64. The molecular formula is C20H20Cl2N4O2. The summed E-state index contributed by atoms with van der Waals surface area (Å²) in [7, 11) is 1.50. The maximum atomic E-state index is 12.1. The van der Waals surface area contributed by atoms with E-state index in [4.69, 9.17) is 27.9 Å². The molecule has 0 radical (unpaired) electrons. The van der Waals surface area contributed by atoms with Gasteiger partial charge in [0.2, 0.25) is 5.91 Å². The molecule has 1 aromatic heterocycles. The summed E-state index contributed by atoms with van der Waals surface area (Å²) in [5.41, 5.74) is 2.14. The Morgan fingerprint density at radius 3 is 2.64 bits per heavy atom. The Morgan fingerprint density at radius 2 is 1.96 bits per heavy atom. The van der Waals surface area contributed by atoms with Crippen LogP contribution in [-0.4, -0.2) is 27.8 Å². The second-order valence-corrected chi connectivity index (χ2v) is 7.47. The molecule has 0 aliphatic rings. The predicted octanol–water partition coefficient (Wildman–Crippen LogP) is 5.23. The summed E-state index contributed by atoms with van der Waals surface area (Å²) in [6, 6.07) is 12.8. The molecule has 28 heavy (non-hydrogen) atoms. The second-order valence-electron chi connectivity index (χ2n) is 6.66. The van der Waals surface area contributed by atoms with Crippen LogP contribution in [0.1, 0.15) is 20.3 Å². The molecule has 0 saturated carbocycles. The van der Waals surface area contributed by atoms with Crippen molar-refractivity contribution in [3.63, 3.8) is 0 Å². The fourth-order valence-corrected chi connectivity index (χ4v) is 2.98. The minimum atomic E-state index is -0.0342. The highest BCUT2D eigenvalue weighted by Gasteiger charge is 2.16. The first-order valence-electron chi connectivity index (χ1n) is 8.74. The third-order valence-electron chi connectivity index (χ3n) is 3.92. The molecular weight excluding hydrogens is 399 g/mol. The summed E-state index contributed by atoms with van der Waals surface area (Å²) in [5.74, 6) is 0.790. The summed E-state index contributed by atoms with van der Waals surface area (Å²) < 4.78 is 6.83. The number of hydrogen-bond acceptors (Lipinski definition) is 4. The van der Waals surface area contributed by atoms with Gasteiger partial charge in [0.1, 0.15) is 0 Å². The normalized spacial score (nSPS) is 10.9. The number of aromatic nitrogens is 3.